The Hall–Kier alpha value is -2.10. The molecule has 126 valence electrons. The van der Waals surface area contributed by atoms with Crippen molar-refractivity contribution < 1.29 is 19.1 Å². The van der Waals surface area contributed by atoms with Crippen LogP contribution < -0.4 is 10.6 Å². The van der Waals surface area contributed by atoms with E-state index in [9.17, 15) is 14.4 Å². The molecule has 2 rings (SSSR count). The van der Waals surface area contributed by atoms with Crippen LogP contribution in [0.4, 0.5) is 4.79 Å². The zero-order valence-corrected chi connectivity index (χ0v) is 13.8. The molecule has 0 radical (unpaired) electrons. The van der Waals surface area contributed by atoms with Crippen LogP contribution in [0.2, 0.25) is 0 Å². The zero-order chi connectivity index (χ0) is 16.8. The number of carbonyl (C=O) groups is 3. The summed E-state index contributed by atoms with van der Waals surface area (Å²) in [7, 11) is 1.70. The number of thioether (sulfide) groups is 1. The minimum absolute atomic E-state index is 0.0217. The number of hydrogen-bond acceptors (Lipinski definition) is 7. The number of nitrogens with one attached hydrogen (secondary N) is 2. The van der Waals surface area contributed by atoms with Gasteiger partial charge in [0.15, 0.2) is 5.16 Å². The largest absolute Gasteiger partial charge is 0.466 e. The summed E-state index contributed by atoms with van der Waals surface area (Å²) in [6.45, 7) is 2.04. The predicted molar refractivity (Wildman–Crippen MR) is 81.8 cm³/mol. The third kappa shape index (κ3) is 5.55. The van der Waals surface area contributed by atoms with Gasteiger partial charge in [0.1, 0.15) is 12.2 Å². The Kier molecular flexibility index (Phi) is 5.97. The maximum absolute atomic E-state index is 11.7. The van der Waals surface area contributed by atoms with Crippen LogP contribution in [0.1, 0.15) is 25.6 Å². The Balaban J connectivity index is 1.78. The summed E-state index contributed by atoms with van der Waals surface area (Å²) < 4.78 is 6.48. The fraction of sp³-hybridized carbons (Fsp3) is 0.615. The van der Waals surface area contributed by atoms with E-state index in [-0.39, 0.29) is 24.2 Å². The normalized spacial score (nSPS) is 13.5. The van der Waals surface area contributed by atoms with E-state index in [1.165, 1.54) is 0 Å². The molecule has 0 aliphatic heterocycles. The Morgan fingerprint density at radius 3 is 2.74 bits per heavy atom. The van der Waals surface area contributed by atoms with Gasteiger partial charge in [-0.3, -0.25) is 14.9 Å². The fourth-order valence-corrected chi connectivity index (χ4v) is 2.44. The van der Waals surface area contributed by atoms with Gasteiger partial charge < -0.3 is 14.6 Å². The molecule has 23 heavy (non-hydrogen) atoms. The van der Waals surface area contributed by atoms with Crippen molar-refractivity contribution >= 4 is 29.7 Å². The summed E-state index contributed by atoms with van der Waals surface area (Å²) in [6, 6.07) is -0.279. The van der Waals surface area contributed by atoms with Crippen molar-refractivity contribution in [2.75, 3.05) is 12.4 Å². The van der Waals surface area contributed by atoms with Crippen LogP contribution in [-0.2, 0) is 27.8 Å². The molecule has 0 unspecified atom stereocenters. The van der Waals surface area contributed by atoms with Crippen LogP contribution in [0.5, 0.6) is 0 Å². The fourth-order valence-electron chi connectivity index (χ4n) is 1.71. The lowest BCUT2D eigenvalue weighted by Gasteiger charge is -2.05. The summed E-state index contributed by atoms with van der Waals surface area (Å²) in [4.78, 5) is 34.6. The molecule has 1 saturated carbocycles. The van der Waals surface area contributed by atoms with Crippen molar-refractivity contribution in [1.29, 1.82) is 0 Å². The molecule has 1 fully saturated rings. The highest BCUT2D eigenvalue weighted by Crippen LogP contribution is 2.18. The number of imide groups is 1. The summed E-state index contributed by atoms with van der Waals surface area (Å²) >= 11 is 1.14. The molecule has 2 N–H and O–H groups in total. The lowest BCUT2D eigenvalue weighted by Crippen LogP contribution is -2.41. The number of carbonyl (C=O) groups excluding carboxylic acids is 3. The molecule has 0 saturated heterocycles. The monoisotopic (exact) mass is 341 g/mol. The third-order valence-electron chi connectivity index (χ3n) is 3.03. The highest BCUT2D eigenvalue weighted by Gasteiger charge is 2.24. The molecule has 0 atom stereocenters. The Bertz CT molecular complexity index is 599. The van der Waals surface area contributed by atoms with E-state index in [1.807, 2.05) is 0 Å². The quantitative estimate of drug-likeness (QED) is 0.530. The standard InChI is InChI=1S/C13H19N5O4S/c1-3-22-11(20)6-9-16-17-13(18(9)2)23-7-10(19)15-12(21)14-8-4-5-8/h8H,3-7H2,1-2H3,(H2,14,15,19,21). The van der Waals surface area contributed by atoms with Gasteiger partial charge in [-0.1, -0.05) is 11.8 Å². The van der Waals surface area contributed by atoms with Gasteiger partial charge in [0.05, 0.1) is 12.4 Å². The maximum Gasteiger partial charge on any atom is 0.321 e. The minimum Gasteiger partial charge on any atom is -0.466 e. The van der Waals surface area contributed by atoms with Gasteiger partial charge >= 0.3 is 12.0 Å². The predicted octanol–water partition coefficient (Wildman–Crippen LogP) is 0.00100. The van der Waals surface area contributed by atoms with Crippen molar-refractivity contribution in [3.05, 3.63) is 5.82 Å². The van der Waals surface area contributed by atoms with E-state index in [0.717, 1.165) is 24.6 Å². The van der Waals surface area contributed by atoms with Crippen LogP contribution in [-0.4, -0.2) is 51.1 Å². The first kappa shape index (κ1) is 17.3. The molecular weight excluding hydrogens is 322 g/mol. The maximum atomic E-state index is 11.7. The highest BCUT2D eigenvalue weighted by atomic mass is 32.2. The van der Waals surface area contributed by atoms with Gasteiger partial charge in [0.25, 0.3) is 0 Å². The molecule has 0 aromatic carbocycles. The van der Waals surface area contributed by atoms with Crippen molar-refractivity contribution in [2.45, 2.75) is 37.4 Å². The van der Waals surface area contributed by atoms with Gasteiger partial charge in [-0.25, -0.2) is 4.79 Å². The molecular formula is C13H19N5O4S. The van der Waals surface area contributed by atoms with Gasteiger partial charge in [-0.15, -0.1) is 10.2 Å². The van der Waals surface area contributed by atoms with Crippen LogP contribution in [0.3, 0.4) is 0 Å². The number of aromatic nitrogens is 3. The number of ether oxygens (including phenoxy) is 1. The molecule has 1 aliphatic carbocycles. The van der Waals surface area contributed by atoms with Gasteiger partial charge in [0, 0.05) is 13.1 Å². The second-order valence-electron chi connectivity index (χ2n) is 5.02. The van der Waals surface area contributed by atoms with Crippen LogP contribution >= 0.6 is 11.8 Å². The summed E-state index contributed by atoms with van der Waals surface area (Å²) in [6.07, 6.45) is 1.94. The zero-order valence-electron chi connectivity index (χ0n) is 13.0. The number of amides is 3. The van der Waals surface area contributed by atoms with Gasteiger partial charge in [0.2, 0.25) is 5.91 Å². The second kappa shape index (κ2) is 7.95. The molecule has 1 aliphatic rings. The van der Waals surface area contributed by atoms with E-state index in [4.69, 9.17) is 4.74 Å². The van der Waals surface area contributed by atoms with E-state index in [0.29, 0.717) is 17.6 Å². The van der Waals surface area contributed by atoms with Crippen LogP contribution in [0.25, 0.3) is 0 Å². The number of hydrogen-bond donors (Lipinski definition) is 2. The third-order valence-corrected chi connectivity index (χ3v) is 4.05. The lowest BCUT2D eigenvalue weighted by molar-refractivity contribution is -0.142. The van der Waals surface area contributed by atoms with Crippen molar-refractivity contribution in [3.63, 3.8) is 0 Å². The lowest BCUT2D eigenvalue weighted by atomic mass is 10.4. The first-order valence-electron chi connectivity index (χ1n) is 7.26. The van der Waals surface area contributed by atoms with Gasteiger partial charge in [-0.2, -0.15) is 0 Å². The first-order valence-corrected chi connectivity index (χ1v) is 8.25. The molecule has 1 heterocycles. The van der Waals surface area contributed by atoms with E-state index in [2.05, 4.69) is 20.8 Å². The smallest absolute Gasteiger partial charge is 0.321 e. The number of urea groups is 1. The Labute approximate surface area is 137 Å². The molecule has 0 spiro atoms. The molecule has 10 heteroatoms. The molecule has 1 aromatic heterocycles. The SMILES string of the molecule is CCOC(=O)Cc1nnc(SCC(=O)NC(=O)NC2CC2)n1C. The van der Waals surface area contributed by atoms with Crippen molar-refractivity contribution in [3.8, 4) is 0 Å². The highest BCUT2D eigenvalue weighted by molar-refractivity contribution is 7.99. The first-order chi connectivity index (χ1) is 11.0. The summed E-state index contributed by atoms with van der Waals surface area (Å²) in [5, 5.41) is 13.2. The van der Waals surface area contributed by atoms with Gasteiger partial charge in [-0.05, 0) is 19.8 Å². The van der Waals surface area contributed by atoms with Crippen molar-refractivity contribution in [2.24, 2.45) is 7.05 Å². The van der Waals surface area contributed by atoms with Crippen molar-refractivity contribution in [1.82, 2.24) is 25.4 Å². The minimum atomic E-state index is -0.473. The molecule has 3 amide bonds. The average Bonchev–Trinajstić information content (AvgIpc) is 3.22. The Morgan fingerprint density at radius 1 is 1.35 bits per heavy atom. The Morgan fingerprint density at radius 2 is 2.09 bits per heavy atom. The van der Waals surface area contributed by atoms with Crippen LogP contribution in [0, 0.1) is 0 Å². The molecule has 1 aromatic rings. The number of rotatable bonds is 7. The van der Waals surface area contributed by atoms with E-state index < -0.39 is 11.9 Å². The van der Waals surface area contributed by atoms with E-state index in [1.54, 1.807) is 18.5 Å². The summed E-state index contributed by atoms with van der Waals surface area (Å²) in [5.41, 5.74) is 0. The number of nitrogens with zero attached hydrogens (tertiary/aromatic N) is 3. The van der Waals surface area contributed by atoms with Crippen LogP contribution in [0.15, 0.2) is 5.16 Å². The second-order valence-corrected chi connectivity index (χ2v) is 5.97. The topological polar surface area (TPSA) is 115 Å². The number of esters is 1. The van der Waals surface area contributed by atoms with E-state index >= 15 is 0 Å². The molecule has 9 nitrogen and oxygen atoms in total. The average molecular weight is 341 g/mol. The summed E-state index contributed by atoms with van der Waals surface area (Å²) in [5.74, 6) is -0.307. The molecule has 0 bridgehead atoms.